The lowest BCUT2D eigenvalue weighted by molar-refractivity contribution is -0.274. The Kier molecular flexibility index (Phi) is 6.71. The minimum atomic E-state index is -4.81. The summed E-state index contributed by atoms with van der Waals surface area (Å²) in [5, 5.41) is 2.92. The van der Waals surface area contributed by atoms with E-state index in [2.05, 4.69) is 15.0 Å². The van der Waals surface area contributed by atoms with Gasteiger partial charge in [-0.25, -0.2) is 0 Å². The lowest BCUT2D eigenvalue weighted by Gasteiger charge is -2.31. The van der Waals surface area contributed by atoms with E-state index in [0.29, 0.717) is 31.5 Å². The zero-order valence-electron chi connectivity index (χ0n) is 15.9. The van der Waals surface area contributed by atoms with Crippen LogP contribution >= 0.6 is 0 Å². The molecule has 0 unspecified atom stereocenters. The van der Waals surface area contributed by atoms with Crippen LogP contribution in [0.3, 0.4) is 0 Å². The van der Waals surface area contributed by atoms with E-state index in [0.717, 1.165) is 0 Å². The molecule has 1 aromatic carbocycles. The van der Waals surface area contributed by atoms with Crippen molar-refractivity contribution in [2.24, 2.45) is 0 Å². The van der Waals surface area contributed by atoms with Crippen LogP contribution < -0.4 is 10.1 Å². The molecule has 1 aliphatic rings. The number of nitrogens with zero attached hydrogens (tertiary/aromatic N) is 2. The Morgan fingerprint density at radius 1 is 1.13 bits per heavy atom. The van der Waals surface area contributed by atoms with Gasteiger partial charge in [-0.3, -0.25) is 14.6 Å². The molecule has 0 saturated carbocycles. The SMILES string of the molecule is O=C(NC1CCN(C(=O)/C=C/c2ccccc2OC(F)(F)F)CC1)c1cccnc1. The van der Waals surface area contributed by atoms with E-state index >= 15 is 0 Å². The largest absolute Gasteiger partial charge is 0.573 e. The molecule has 1 aliphatic heterocycles. The van der Waals surface area contributed by atoms with Gasteiger partial charge in [0.05, 0.1) is 5.56 Å². The maximum absolute atomic E-state index is 12.5. The number of amides is 2. The van der Waals surface area contributed by atoms with Gasteiger partial charge in [0.15, 0.2) is 0 Å². The van der Waals surface area contributed by atoms with Crippen molar-refractivity contribution < 1.29 is 27.5 Å². The number of alkyl halides is 3. The van der Waals surface area contributed by atoms with Gasteiger partial charge in [-0.05, 0) is 37.1 Å². The van der Waals surface area contributed by atoms with E-state index in [1.807, 2.05) is 0 Å². The van der Waals surface area contributed by atoms with Crippen molar-refractivity contribution in [3.8, 4) is 5.75 Å². The predicted octanol–water partition coefficient (Wildman–Crippen LogP) is 3.41. The number of halogens is 3. The van der Waals surface area contributed by atoms with E-state index in [-0.39, 0.29) is 29.2 Å². The summed E-state index contributed by atoms with van der Waals surface area (Å²) >= 11 is 0. The Hall–Kier alpha value is -3.36. The van der Waals surface area contributed by atoms with Crippen molar-refractivity contribution in [3.05, 3.63) is 66.0 Å². The molecular formula is C21H20F3N3O3. The number of piperidine rings is 1. The summed E-state index contributed by atoms with van der Waals surface area (Å²) in [6.07, 6.45) is 1.96. The fourth-order valence-electron chi connectivity index (χ4n) is 3.11. The van der Waals surface area contributed by atoms with Gasteiger partial charge in [-0.2, -0.15) is 0 Å². The van der Waals surface area contributed by atoms with Gasteiger partial charge < -0.3 is 15.0 Å². The van der Waals surface area contributed by atoms with Gasteiger partial charge in [0, 0.05) is 43.2 Å². The van der Waals surface area contributed by atoms with E-state index in [1.54, 1.807) is 29.3 Å². The van der Waals surface area contributed by atoms with Crippen LogP contribution in [-0.4, -0.2) is 47.2 Å². The molecule has 6 nitrogen and oxygen atoms in total. The van der Waals surface area contributed by atoms with Crippen LogP contribution in [0.25, 0.3) is 6.08 Å². The van der Waals surface area contributed by atoms with Crippen LogP contribution in [-0.2, 0) is 4.79 Å². The lowest BCUT2D eigenvalue weighted by Crippen LogP contribution is -2.46. The lowest BCUT2D eigenvalue weighted by atomic mass is 10.0. The molecule has 0 atom stereocenters. The highest BCUT2D eigenvalue weighted by atomic mass is 19.4. The summed E-state index contributed by atoms with van der Waals surface area (Å²) in [4.78, 5) is 30.1. The minimum absolute atomic E-state index is 0.0633. The summed E-state index contributed by atoms with van der Waals surface area (Å²) in [7, 11) is 0. The molecule has 2 aromatic rings. The normalized spacial score (nSPS) is 15.2. The van der Waals surface area contributed by atoms with Gasteiger partial charge >= 0.3 is 6.36 Å². The first-order valence-electron chi connectivity index (χ1n) is 9.34. The van der Waals surface area contributed by atoms with E-state index < -0.39 is 6.36 Å². The number of nitrogens with one attached hydrogen (secondary N) is 1. The van der Waals surface area contributed by atoms with Crippen molar-refractivity contribution in [2.45, 2.75) is 25.2 Å². The first kappa shape index (κ1) is 21.4. The highest BCUT2D eigenvalue weighted by Gasteiger charge is 2.31. The van der Waals surface area contributed by atoms with E-state index in [4.69, 9.17) is 0 Å². The third-order valence-electron chi connectivity index (χ3n) is 4.62. The molecule has 1 fully saturated rings. The fourth-order valence-corrected chi connectivity index (χ4v) is 3.11. The molecule has 0 spiro atoms. The molecular weight excluding hydrogens is 399 g/mol. The summed E-state index contributed by atoms with van der Waals surface area (Å²) in [5.41, 5.74) is 0.625. The van der Waals surface area contributed by atoms with Crippen LogP contribution in [0.4, 0.5) is 13.2 Å². The second-order valence-corrected chi connectivity index (χ2v) is 6.73. The van der Waals surface area contributed by atoms with Gasteiger partial charge in [0.2, 0.25) is 5.91 Å². The Labute approximate surface area is 171 Å². The summed E-state index contributed by atoms with van der Waals surface area (Å²) in [5.74, 6) is -0.895. The molecule has 1 aromatic heterocycles. The summed E-state index contributed by atoms with van der Waals surface area (Å²) < 4.78 is 41.5. The molecule has 0 aliphatic carbocycles. The number of pyridine rings is 1. The molecule has 1 saturated heterocycles. The number of benzene rings is 1. The molecule has 30 heavy (non-hydrogen) atoms. The number of ether oxygens (including phenoxy) is 1. The van der Waals surface area contributed by atoms with Crippen LogP contribution in [0.15, 0.2) is 54.9 Å². The van der Waals surface area contributed by atoms with Crippen molar-refractivity contribution in [3.63, 3.8) is 0 Å². The topological polar surface area (TPSA) is 71.5 Å². The van der Waals surface area contributed by atoms with Crippen LogP contribution in [0, 0.1) is 0 Å². The first-order chi connectivity index (χ1) is 14.3. The first-order valence-corrected chi connectivity index (χ1v) is 9.34. The second-order valence-electron chi connectivity index (χ2n) is 6.73. The molecule has 2 amide bonds. The number of carbonyl (C=O) groups is 2. The van der Waals surface area contributed by atoms with E-state index in [9.17, 15) is 22.8 Å². The fraction of sp³-hybridized carbons (Fsp3) is 0.286. The minimum Gasteiger partial charge on any atom is -0.405 e. The number of rotatable bonds is 5. The zero-order chi connectivity index (χ0) is 21.6. The van der Waals surface area contributed by atoms with Crippen LogP contribution in [0.2, 0.25) is 0 Å². The average molecular weight is 419 g/mol. The highest BCUT2D eigenvalue weighted by molar-refractivity contribution is 5.94. The molecule has 3 rings (SSSR count). The summed E-state index contributed by atoms with van der Waals surface area (Å²) in [6.45, 7) is 0.865. The van der Waals surface area contributed by atoms with E-state index in [1.165, 1.54) is 36.5 Å². The number of hydrogen-bond acceptors (Lipinski definition) is 4. The van der Waals surface area contributed by atoms with Gasteiger partial charge in [-0.1, -0.05) is 18.2 Å². The van der Waals surface area contributed by atoms with Gasteiger partial charge in [0.1, 0.15) is 5.75 Å². The number of carbonyl (C=O) groups excluding carboxylic acids is 2. The molecule has 0 radical (unpaired) electrons. The predicted molar refractivity (Wildman–Crippen MR) is 103 cm³/mol. The molecule has 9 heteroatoms. The highest BCUT2D eigenvalue weighted by Crippen LogP contribution is 2.27. The Morgan fingerprint density at radius 3 is 2.53 bits per heavy atom. The number of para-hydroxylation sites is 1. The third-order valence-corrected chi connectivity index (χ3v) is 4.62. The molecule has 2 heterocycles. The second kappa shape index (κ2) is 9.43. The Bertz CT molecular complexity index is 908. The quantitative estimate of drug-likeness (QED) is 0.754. The van der Waals surface area contributed by atoms with Crippen LogP contribution in [0.5, 0.6) is 5.75 Å². The van der Waals surface area contributed by atoms with Crippen molar-refractivity contribution in [1.29, 1.82) is 0 Å². The maximum Gasteiger partial charge on any atom is 0.573 e. The molecule has 1 N–H and O–H groups in total. The van der Waals surface area contributed by atoms with Crippen molar-refractivity contribution in [2.75, 3.05) is 13.1 Å². The third kappa shape index (κ3) is 6.07. The number of hydrogen-bond donors (Lipinski definition) is 1. The standard InChI is InChI=1S/C21H20F3N3O3/c22-21(23,24)30-18-6-2-1-4-15(18)7-8-19(28)27-12-9-17(10-13-27)26-20(29)16-5-3-11-25-14-16/h1-8,11,14,17H,9-10,12-13H2,(H,26,29)/b8-7+. The smallest absolute Gasteiger partial charge is 0.405 e. The number of likely N-dealkylation sites (tertiary alicyclic amines) is 1. The van der Waals surface area contributed by atoms with Gasteiger partial charge in [0.25, 0.3) is 5.91 Å². The van der Waals surface area contributed by atoms with Crippen LogP contribution in [0.1, 0.15) is 28.8 Å². The zero-order valence-corrected chi connectivity index (χ0v) is 15.9. The Balaban J connectivity index is 1.53. The molecule has 0 bridgehead atoms. The van der Waals surface area contributed by atoms with Crippen molar-refractivity contribution in [1.82, 2.24) is 15.2 Å². The average Bonchev–Trinajstić information content (AvgIpc) is 2.73. The summed E-state index contributed by atoms with van der Waals surface area (Å²) in [6, 6.07) is 8.90. The number of aromatic nitrogens is 1. The molecule has 158 valence electrons. The maximum atomic E-state index is 12.5. The van der Waals surface area contributed by atoms with Gasteiger partial charge in [-0.15, -0.1) is 13.2 Å². The van der Waals surface area contributed by atoms with Crippen molar-refractivity contribution >= 4 is 17.9 Å². The monoisotopic (exact) mass is 419 g/mol. The Morgan fingerprint density at radius 2 is 1.87 bits per heavy atom.